The molecule has 1 atom stereocenters. The molecule has 124 valence electrons. The van der Waals surface area contributed by atoms with Gasteiger partial charge in [0.2, 0.25) is 5.91 Å². The third-order valence-electron chi connectivity index (χ3n) is 4.79. The number of aromatic amines is 1. The zero-order valence-electron chi connectivity index (χ0n) is 14.1. The molecule has 6 heteroatoms. The van der Waals surface area contributed by atoms with Gasteiger partial charge in [-0.15, -0.1) is 0 Å². The number of nitrogens with one attached hydrogen (secondary N) is 1. The number of carbonyl (C=O) groups excluding carboxylic acids is 1. The molecule has 1 N–H and O–H groups in total. The van der Waals surface area contributed by atoms with E-state index < -0.39 is 0 Å². The molecule has 2 aromatic heterocycles. The van der Waals surface area contributed by atoms with Gasteiger partial charge in [-0.05, 0) is 52.0 Å². The van der Waals surface area contributed by atoms with Crippen molar-refractivity contribution in [2.45, 2.75) is 58.9 Å². The Hall–Kier alpha value is -2.11. The number of hydrogen-bond donors (Lipinski definition) is 1. The molecule has 1 fully saturated rings. The average molecular weight is 316 g/mol. The standard InChI is InChI=1S/C17H24N4O2/c1-11-10-18-19-17(11)15-6-4-5-9-21(15)16(22)8-7-14-12(2)20-23-13(14)3/h10,15H,4-9H2,1-3H3,(H,18,19)/t15-/m0/s1. The largest absolute Gasteiger partial charge is 0.361 e. The van der Waals surface area contributed by atoms with Crippen LogP contribution in [0.2, 0.25) is 0 Å². The van der Waals surface area contributed by atoms with Gasteiger partial charge >= 0.3 is 0 Å². The minimum Gasteiger partial charge on any atom is -0.361 e. The van der Waals surface area contributed by atoms with Crippen molar-refractivity contribution >= 4 is 5.91 Å². The van der Waals surface area contributed by atoms with Crippen molar-refractivity contribution < 1.29 is 9.32 Å². The monoisotopic (exact) mass is 316 g/mol. The van der Waals surface area contributed by atoms with Gasteiger partial charge < -0.3 is 9.42 Å². The summed E-state index contributed by atoms with van der Waals surface area (Å²) in [6, 6.07) is 0.128. The number of carbonyl (C=O) groups is 1. The average Bonchev–Trinajstić information content (AvgIpc) is 3.11. The van der Waals surface area contributed by atoms with E-state index in [1.54, 1.807) is 0 Å². The number of piperidine rings is 1. The second kappa shape index (κ2) is 6.56. The first-order valence-electron chi connectivity index (χ1n) is 8.29. The second-order valence-electron chi connectivity index (χ2n) is 6.37. The van der Waals surface area contributed by atoms with Crippen LogP contribution in [0, 0.1) is 20.8 Å². The van der Waals surface area contributed by atoms with Gasteiger partial charge in [0, 0.05) is 18.5 Å². The molecule has 0 bridgehead atoms. The highest BCUT2D eigenvalue weighted by atomic mass is 16.5. The van der Waals surface area contributed by atoms with Gasteiger partial charge in [-0.2, -0.15) is 5.10 Å². The van der Waals surface area contributed by atoms with E-state index in [0.29, 0.717) is 12.8 Å². The van der Waals surface area contributed by atoms with Gasteiger partial charge in [-0.3, -0.25) is 9.89 Å². The van der Waals surface area contributed by atoms with Gasteiger partial charge in [0.25, 0.3) is 0 Å². The number of nitrogens with zero attached hydrogens (tertiary/aromatic N) is 3. The van der Waals surface area contributed by atoms with E-state index in [1.807, 2.05) is 31.9 Å². The van der Waals surface area contributed by atoms with Crippen LogP contribution in [0.4, 0.5) is 0 Å². The molecule has 1 saturated heterocycles. The van der Waals surface area contributed by atoms with Crippen molar-refractivity contribution in [2.75, 3.05) is 6.54 Å². The summed E-state index contributed by atoms with van der Waals surface area (Å²) in [7, 11) is 0. The summed E-state index contributed by atoms with van der Waals surface area (Å²) in [5, 5.41) is 11.2. The topological polar surface area (TPSA) is 75.0 Å². The molecule has 23 heavy (non-hydrogen) atoms. The van der Waals surface area contributed by atoms with Gasteiger partial charge in [-0.1, -0.05) is 5.16 Å². The molecule has 2 aromatic rings. The Morgan fingerprint density at radius 2 is 2.22 bits per heavy atom. The van der Waals surface area contributed by atoms with Crippen LogP contribution in [0.5, 0.6) is 0 Å². The van der Waals surface area contributed by atoms with Crippen LogP contribution in [-0.2, 0) is 11.2 Å². The summed E-state index contributed by atoms with van der Waals surface area (Å²) in [4.78, 5) is 14.8. The van der Waals surface area contributed by atoms with Crippen LogP contribution in [0.1, 0.15) is 60.0 Å². The van der Waals surface area contributed by atoms with E-state index >= 15 is 0 Å². The lowest BCUT2D eigenvalue weighted by molar-refractivity contribution is -0.135. The fraction of sp³-hybridized carbons (Fsp3) is 0.588. The Morgan fingerprint density at radius 1 is 1.39 bits per heavy atom. The number of H-pyrrole nitrogens is 1. The molecule has 3 heterocycles. The maximum absolute atomic E-state index is 12.8. The molecule has 1 aliphatic heterocycles. The Bertz CT molecular complexity index is 669. The zero-order valence-corrected chi connectivity index (χ0v) is 14.1. The zero-order chi connectivity index (χ0) is 16.4. The van der Waals surface area contributed by atoms with E-state index in [9.17, 15) is 4.79 Å². The third-order valence-corrected chi connectivity index (χ3v) is 4.79. The van der Waals surface area contributed by atoms with Crippen molar-refractivity contribution in [3.8, 4) is 0 Å². The lowest BCUT2D eigenvalue weighted by Gasteiger charge is -2.35. The van der Waals surface area contributed by atoms with E-state index in [1.165, 1.54) is 0 Å². The predicted molar refractivity (Wildman–Crippen MR) is 85.9 cm³/mol. The highest BCUT2D eigenvalue weighted by Gasteiger charge is 2.29. The number of rotatable bonds is 4. The number of aromatic nitrogens is 3. The van der Waals surface area contributed by atoms with Crippen LogP contribution in [0.3, 0.4) is 0 Å². The molecular weight excluding hydrogens is 292 g/mol. The summed E-state index contributed by atoms with van der Waals surface area (Å²) >= 11 is 0. The smallest absolute Gasteiger partial charge is 0.223 e. The maximum atomic E-state index is 12.8. The van der Waals surface area contributed by atoms with Crippen LogP contribution in [-0.4, -0.2) is 32.7 Å². The van der Waals surface area contributed by atoms with E-state index in [2.05, 4.69) is 15.4 Å². The molecule has 3 rings (SSSR count). The number of aryl methyl sites for hydroxylation is 3. The Kier molecular flexibility index (Phi) is 4.50. The summed E-state index contributed by atoms with van der Waals surface area (Å²) in [6.45, 7) is 6.69. The van der Waals surface area contributed by atoms with Crippen molar-refractivity contribution in [3.05, 3.63) is 34.5 Å². The highest BCUT2D eigenvalue weighted by molar-refractivity contribution is 5.77. The fourth-order valence-electron chi connectivity index (χ4n) is 3.46. The van der Waals surface area contributed by atoms with Crippen molar-refractivity contribution in [3.63, 3.8) is 0 Å². The first kappa shape index (κ1) is 15.8. The fourth-order valence-corrected chi connectivity index (χ4v) is 3.46. The minimum atomic E-state index is 0.128. The van der Waals surface area contributed by atoms with Crippen molar-refractivity contribution in [1.82, 2.24) is 20.3 Å². The molecule has 0 aromatic carbocycles. The number of hydrogen-bond acceptors (Lipinski definition) is 4. The maximum Gasteiger partial charge on any atom is 0.223 e. The molecule has 1 aliphatic rings. The molecule has 1 amide bonds. The SMILES string of the molecule is Cc1cn[nH]c1[C@@H]1CCCCN1C(=O)CCc1c(C)noc1C. The highest BCUT2D eigenvalue weighted by Crippen LogP contribution is 2.32. The van der Waals surface area contributed by atoms with Crippen LogP contribution >= 0.6 is 0 Å². The molecule has 0 saturated carbocycles. The van der Waals surface area contributed by atoms with E-state index in [0.717, 1.165) is 54.1 Å². The third kappa shape index (κ3) is 3.16. The van der Waals surface area contributed by atoms with Gasteiger partial charge in [0.05, 0.1) is 23.6 Å². The summed E-state index contributed by atoms with van der Waals surface area (Å²) in [6.07, 6.45) is 6.23. The van der Waals surface area contributed by atoms with Crippen LogP contribution < -0.4 is 0 Å². The molecule has 0 radical (unpaired) electrons. The first-order valence-corrected chi connectivity index (χ1v) is 8.29. The molecule has 0 spiro atoms. The molecule has 6 nitrogen and oxygen atoms in total. The predicted octanol–water partition coefficient (Wildman–Crippen LogP) is 3.01. The van der Waals surface area contributed by atoms with E-state index in [-0.39, 0.29) is 11.9 Å². The van der Waals surface area contributed by atoms with Crippen molar-refractivity contribution in [1.29, 1.82) is 0 Å². The lowest BCUT2D eigenvalue weighted by atomic mass is 9.96. The van der Waals surface area contributed by atoms with Crippen LogP contribution in [0.15, 0.2) is 10.7 Å². The quantitative estimate of drug-likeness (QED) is 0.941. The Labute approximate surface area is 136 Å². The molecule has 0 aliphatic carbocycles. The van der Waals surface area contributed by atoms with Crippen molar-refractivity contribution in [2.24, 2.45) is 0 Å². The van der Waals surface area contributed by atoms with E-state index in [4.69, 9.17) is 4.52 Å². The summed E-state index contributed by atoms with van der Waals surface area (Å²) in [5.74, 6) is 1.01. The molecule has 0 unspecified atom stereocenters. The van der Waals surface area contributed by atoms with Gasteiger partial charge in [0.1, 0.15) is 5.76 Å². The summed E-state index contributed by atoms with van der Waals surface area (Å²) < 4.78 is 5.18. The Balaban J connectivity index is 1.71. The molecular formula is C17H24N4O2. The Morgan fingerprint density at radius 3 is 2.87 bits per heavy atom. The lowest BCUT2D eigenvalue weighted by Crippen LogP contribution is -2.39. The normalized spacial score (nSPS) is 18.4. The second-order valence-corrected chi connectivity index (χ2v) is 6.37. The first-order chi connectivity index (χ1) is 11.1. The van der Waals surface area contributed by atoms with Gasteiger partial charge in [-0.25, -0.2) is 0 Å². The van der Waals surface area contributed by atoms with Crippen LogP contribution in [0.25, 0.3) is 0 Å². The summed E-state index contributed by atoms with van der Waals surface area (Å²) in [5.41, 5.74) is 4.15. The number of amides is 1. The van der Waals surface area contributed by atoms with Gasteiger partial charge in [0.15, 0.2) is 0 Å². The number of likely N-dealkylation sites (tertiary alicyclic amines) is 1. The minimum absolute atomic E-state index is 0.128.